The Morgan fingerprint density at radius 2 is 1.50 bits per heavy atom. The molecule has 1 atom stereocenters. The maximum absolute atomic E-state index is 13.2. The quantitative estimate of drug-likeness (QED) is 0.256. The lowest BCUT2D eigenvalue weighted by atomic mass is 10.0. The molecule has 0 unspecified atom stereocenters. The number of hydrogen-bond acceptors (Lipinski definition) is 4. The van der Waals surface area contributed by atoms with Crippen molar-refractivity contribution < 1.29 is 4.79 Å². The Hall–Kier alpha value is -4.98. The number of amides is 1. The Kier molecular flexibility index (Phi) is 6.74. The first-order valence-electron chi connectivity index (χ1n) is 13.4. The topological polar surface area (TPSA) is 104 Å². The lowest BCUT2D eigenvalue weighted by Gasteiger charge is -2.21. The van der Waals surface area contributed by atoms with Gasteiger partial charge in [-0.1, -0.05) is 71.8 Å². The van der Waals surface area contributed by atoms with E-state index < -0.39 is 0 Å². The summed E-state index contributed by atoms with van der Waals surface area (Å²) in [4.78, 5) is 13.2. The lowest BCUT2D eigenvalue weighted by molar-refractivity contribution is 0.0947. The summed E-state index contributed by atoms with van der Waals surface area (Å²) in [6, 6.07) is 30.1. The highest BCUT2D eigenvalue weighted by atomic mass is 16.1. The van der Waals surface area contributed by atoms with Crippen LogP contribution in [0.1, 0.15) is 38.7 Å². The van der Waals surface area contributed by atoms with E-state index in [1.54, 1.807) is 18.2 Å². The van der Waals surface area contributed by atoms with E-state index in [0.29, 0.717) is 41.7 Å². The van der Waals surface area contributed by atoms with Gasteiger partial charge in [0.2, 0.25) is 5.62 Å². The third kappa shape index (κ3) is 5.03. The number of nitrogens with zero attached hydrogens (tertiary/aromatic N) is 4. The van der Waals surface area contributed by atoms with Crippen LogP contribution in [0.15, 0.2) is 91.0 Å². The number of carbonyl (C=O) groups excluding carboxylic acids is 1. The molecule has 6 rings (SSSR count). The molecule has 8 heteroatoms. The standard InChI is InChI=1S/C32H31N7O/c1-21-7-11-23(12-8-21)17-26(19-34-31(40)25-15-16-27-28(18-25)36-37-35-27)39-30-6-4-3-5-29(30)38(32(39)33)20-24-13-9-22(2)10-14-24/h3-16,18,26,33H,17,19-20H2,1-2H3,(H,34,40)(H,35,36,37)/t26-/m0/s1. The minimum Gasteiger partial charge on any atom is -0.350 e. The smallest absolute Gasteiger partial charge is 0.251 e. The molecule has 0 bridgehead atoms. The highest BCUT2D eigenvalue weighted by Crippen LogP contribution is 2.22. The molecule has 0 saturated heterocycles. The summed E-state index contributed by atoms with van der Waals surface area (Å²) < 4.78 is 4.10. The number of carbonyl (C=O) groups is 1. The number of nitrogens with one attached hydrogen (secondary N) is 3. The Morgan fingerprint density at radius 3 is 2.23 bits per heavy atom. The van der Waals surface area contributed by atoms with E-state index in [1.165, 1.54) is 11.1 Å². The van der Waals surface area contributed by atoms with Gasteiger partial charge in [-0.15, -0.1) is 0 Å². The molecule has 0 fully saturated rings. The monoisotopic (exact) mass is 529 g/mol. The summed E-state index contributed by atoms with van der Waals surface area (Å²) >= 11 is 0. The van der Waals surface area contributed by atoms with Gasteiger partial charge in [-0.2, -0.15) is 15.4 Å². The van der Waals surface area contributed by atoms with Crippen molar-refractivity contribution in [2.24, 2.45) is 0 Å². The predicted molar refractivity (Wildman–Crippen MR) is 156 cm³/mol. The minimum absolute atomic E-state index is 0.181. The molecule has 0 spiro atoms. The summed E-state index contributed by atoms with van der Waals surface area (Å²) in [5, 5.41) is 23.2. The predicted octanol–water partition coefficient (Wildman–Crippen LogP) is 5.07. The maximum Gasteiger partial charge on any atom is 0.251 e. The molecular formula is C32H31N7O. The number of fused-ring (bicyclic) bond motifs is 2. The van der Waals surface area contributed by atoms with E-state index in [2.05, 4.69) is 99.8 Å². The fourth-order valence-electron chi connectivity index (χ4n) is 5.21. The lowest BCUT2D eigenvalue weighted by Crippen LogP contribution is -2.37. The molecule has 1 amide bonds. The molecule has 0 saturated carbocycles. The van der Waals surface area contributed by atoms with E-state index in [-0.39, 0.29) is 11.9 Å². The van der Waals surface area contributed by atoms with Gasteiger partial charge in [-0.05, 0) is 61.7 Å². The number of aromatic nitrogens is 5. The zero-order chi connectivity index (χ0) is 27.6. The van der Waals surface area contributed by atoms with Crippen LogP contribution in [0, 0.1) is 19.3 Å². The number of benzene rings is 4. The number of aromatic amines is 1. The molecule has 6 aromatic rings. The highest BCUT2D eigenvalue weighted by Gasteiger charge is 2.21. The SMILES string of the molecule is Cc1ccc(C[C@@H](CNC(=O)c2ccc3n[nH]nc3c2)n2c(=N)n(Cc3ccc(C)cc3)c3ccccc32)cc1. The van der Waals surface area contributed by atoms with Gasteiger partial charge in [0.25, 0.3) is 5.91 Å². The molecule has 0 aliphatic heterocycles. The number of hydrogen-bond donors (Lipinski definition) is 3. The Morgan fingerprint density at radius 1 is 0.850 bits per heavy atom. The van der Waals surface area contributed by atoms with E-state index in [9.17, 15) is 10.2 Å². The number of aryl methyl sites for hydroxylation is 2. The zero-order valence-electron chi connectivity index (χ0n) is 22.6. The molecular weight excluding hydrogens is 498 g/mol. The van der Waals surface area contributed by atoms with Crippen LogP contribution in [0.3, 0.4) is 0 Å². The van der Waals surface area contributed by atoms with Crippen molar-refractivity contribution in [2.75, 3.05) is 6.54 Å². The van der Waals surface area contributed by atoms with Crippen LogP contribution in [0.2, 0.25) is 0 Å². The van der Waals surface area contributed by atoms with Crippen LogP contribution in [0.25, 0.3) is 22.1 Å². The molecule has 40 heavy (non-hydrogen) atoms. The molecule has 0 aliphatic carbocycles. The average molecular weight is 530 g/mol. The second-order valence-electron chi connectivity index (χ2n) is 10.3. The molecule has 0 aliphatic rings. The van der Waals surface area contributed by atoms with Gasteiger partial charge in [-0.25, -0.2) is 0 Å². The first-order chi connectivity index (χ1) is 19.5. The number of rotatable bonds is 8. The van der Waals surface area contributed by atoms with Crippen molar-refractivity contribution in [3.8, 4) is 0 Å². The normalized spacial score (nSPS) is 12.2. The highest BCUT2D eigenvalue weighted by molar-refractivity contribution is 5.97. The molecule has 0 radical (unpaired) electrons. The van der Waals surface area contributed by atoms with Crippen molar-refractivity contribution in [1.82, 2.24) is 29.9 Å². The second kappa shape index (κ2) is 10.6. The number of para-hydroxylation sites is 2. The van der Waals surface area contributed by atoms with Gasteiger partial charge in [0, 0.05) is 12.1 Å². The largest absolute Gasteiger partial charge is 0.350 e. The van der Waals surface area contributed by atoms with E-state index in [0.717, 1.165) is 22.2 Å². The zero-order valence-corrected chi connectivity index (χ0v) is 22.6. The number of imidazole rings is 1. The number of H-pyrrole nitrogens is 1. The van der Waals surface area contributed by atoms with Crippen molar-refractivity contribution in [2.45, 2.75) is 32.9 Å². The van der Waals surface area contributed by atoms with Crippen LogP contribution in [0.4, 0.5) is 0 Å². The van der Waals surface area contributed by atoms with Crippen molar-refractivity contribution in [1.29, 1.82) is 5.41 Å². The summed E-state index contributed by atoms with van der Waals surface area (Å²) in [7, 11) is 0. The van der Waals surface area contributed by atoms with Gasteiger partial charge in [0.15, 0.2) is 0 Å². The molecule has 2 aromatic heterocycles. The van der Waals surface area contributed by atoms with E-state index >= 15 is 0 Å². The van der Waals surface area contributed by atoms with E-state index in [4.69, 9.17) is 0 Å². The van der Waals surface area contributed by atoms with Crippen molar-refractivity contribution in [3.05, 3.63) is 124 Å². The van der Waals surface area contributed by atoms with Crippen LogP contribution in [-0.2, 0) is 13.0 Å². The van der Waals surface area contributed by atoms with Gasteiger partial charge in [-0.3, -0.25) is 10.2 Å². The fourth-order valence-corrected chi connectivity index (χ4v) is 5.21. The first kappa shape index (κ1) is 25.3. The molecule has 3 N–H and O–H groups in total. The van der Waals surface area contributed by atoms with Gasteiger partial charge in [0.05, 0.1) is 23.6 Å². The average Bonchev–Trinajstić information content (AvgIpc) is 3.55. The van der Waals surface area contributed by atoms with Gasteiger partial charge < -0.3 is 14.5 Å². The first-order valence-corrected chi connectivity index (χ1v) is 13.4. The van der Waals surface area contributed by atoms with E-state index in [1.807, 2.05) is 16.7 Å². The molecule has 4 aromatic carbocycles. The van der Waals surface area contributed by atoms with Crippen LogP contribution in [0.5, 0.6) is 0 Å². The summed E-state index contributed by atoms with van der Waals surface area (Å²) in [5.74, 6) is -0.186. The van der Waals surface area contributed by atoms with Crippen LogP contribution < -0.4 is 10.9 Å². The summed E-state index contributed by atoms with van der Waals surface area (Å²) in [6.07, 6.45) is 0.665. The fraction of sp³-hybridized carbons (Fsp3) is 0.188. The van der Waals surface area contributed by atoms with Crippen LogP contribution >= 0.6 is 0 Å². The molecule has 8 nitrogen and oxygen atoms in total. The Labute approximate surface area is 231 Å². The minimum atomic E-state index is -0.186. The van der Waals surface area contributed by atoms with Gasteiger partial charge >= 0.3 is 0 Å². The van der Waals surface area contributed by atoms with Gasteiger partial charge in [0.1, 0.15) is 11.0 Å². The summed E-state index contributed by atoms with van der Waals surface area (Å²) in [5.41, 5.74) is 8.93. The van der Waals surface area contributed by atoms with Crippen molar-refractivity contribution >= 4 is 28.0 Å². The maximum atomic E-state index is 13.2. The second-order valence-corrected chi connectivity index (χ2v) is 10.3. The Bertz CT molecular complexity index is 1860. The third-order valence-electron chi connectivity index (χ3n) is 7.41. The molecule has 2 heterocycles. The van der Waals surface area contributed by atoms with Crippen molar-refractivity contribution in [3.63, 3.8) is 0 Å². The van der Waals surface area contributed by atoms with Crippen LogP contribution in [-0.4, -0.2) is 37.0 Å². The third-order valence-corrected chi connectivity index (χ3v) is 7.41. The summed E-state index contributed by atoms with van der Waals surface area (Å²) in [6.45, 7) is 5.10. The Balaban J connectivity index is 1.37. The molecule has 200 valence electrons.